The zero-order valence-electron chi connectivity index (χ0n) is 21.0. The lowest BCUT2D eigenvalue weighted by atomic mass is 9.96. The number of piperidine rings is 1. The number of amides is 1. The summed E-state index contributed by atoms with van der Waals surface area (Å²) in [6.07, 6.45) is 7.23. The average molecular weight is 489 g/mol. The molecule has 0 unspecified atom stereocenters. The van der Waals surface area contributed by atoms with E-state index in [0.717, 1.165) is 49.2 Å². The van der Waals surface area contributed by atoms with Crippen LogP contribution in [0.15, 0.2) is 53.6 Å². The highest BCUT2D eigenvalue weighted by Crippen LogP contribution is 2.27. The summed E-state index contributed by atoms with van der Waals surface area (Å²) in [7, 11) is 0. The Morgan fingerprint density at radius 2 is 2.03 bits per heavy atom. The average Bonchev–Trinajstić information content (AvgIpc) is 2.91. The smallest absolute Gasteiger partial charge is 0.258 e. The highest BCUT2D eigenvalue weighted by molar-refractivity contribution is 5.82. The maximum atomic E-state index is 14.0. The van der Waals surface area contributed by atoms with Crippen molar-refractivity contribution in [2.75, 3.05) is 19.6 Å². The van der Waals surface area contributed by atoms with Crippen molar-refractivity contribution in [3.63, 3.8) is 0 Å². The van der Waals surface area contributed by atoms with Gasteiger partial charge in [-0.2, -0.15) is 0 Å². The standard InChI is InChI=1S/C29H33FN4O2/c1-3-32-13-5-4-8-27(32)29(36)33-14-11-26-23(19-33)16-24(22-9-10-25(30)20(2)15-22)28(35)34(26)18-21-7-6-12-31-17-21/h6-7,9-10,12,15-17,27H,3-5,8,11,13-14,18-19H2,1-2H3/t27-/m0/s1. The van der Waals surface area contributed by atoms with Crippen LogP contribution in [0.1, 0.15) is 48.6 Å². The van der Waals surface area contributed by atoms with Gasteiger partial charge in [-0.1, -0.05) is 25.5 Å². The zero-order valence-corrected chi connectivity index (χ0v) is 21.0. The van der Waals surface area contributed by atoms with Gasteiger partial charge in [0.05, 0.1) is 12.6 Å². The van der Waals surface area contributed by atoms with E-state index in [1.165, 1.54) is 6.07 Å². The highest BCUT2D eigenvalue weighted by Gasteiger charge is 2.33. The van der Waals surface area contributed by atoms with Crippen molar-refractivity contribution in [2.24, 2.45) is 0 Å². The number of rotatable bonds is 5. The van der Waals surface area contributed by atoms with Gasteiger partial charge in [0.1, 0.15) is 5.82 Å². The number of aromatic nitrogens is 2. The number of pyridine rings is 2. The summed E-state index contributed by atoms with van der Waals surface area (Å²) in [5, 5.41) is 0. The molecule has 4 heterocycles. The third-order valence-corrected chi connectivity index (χ3v) is 7.62. The highest BCUT2D eigenvalue weighted by atomic mass is 19.1. The topological polar surface area (TPSA) is 58.4 Å². The monoisotopic (exact) mass is 488 g/mol. The summed E-state index contributed by atoms with van der Waals surface area (Å²) in [4.78, 5) is 35.8. The Balaban J connectivity index is 1.55. The van der Waals surface area contributed by atoms with Crippen LogP contribution in [0, 0.1) is 12.7 Å². The summed E-state index contributed by atoms with van der Waals surface area (Å²) in [6, 6.07) is 10.5. The van der Waals surface area contributed by atoms with Crippen LogP contribution < -0.4 is 5.56 Å². The van der Waals surface area contributed by atoms with Crippen molar-refractivity contribution < 1.29 is 9.18 Å². The van der Waals surface area contributed by atoms with Gasteiger partial charge in [0.25, 0.3) is 5.56 Å². The fourth-order valence-corrected chi connectivity index (χ4v) is 5.63. The van der Waals surface area contributed by atoms with Gasteiger partial charge in [-0.25, -0.2) is 4.39 Å². The first kappa shape index (κ1) is 24.4. The van der Waals surface area contributed by atoms with Crippen LogP contribution >= 0.6 is 0 Å². The number of nitrogens with zero attached hydrogens (tertiary/aromatic N) is 4. The molecule has 1 saturated heterocycles. The fraction of sp³-hybridized carbons (Fsp3) is 0.414. The van der Waals surface area contributed by atoms with Crippen molar-refractivity contribution in [3.05, 3.63) is 87.3 Å². The molecule has 0 saturated carbocycles. The van der Waals surface area contributed by atoms with Crippen molar-refractivity contribution in [1.82, 2.24) is 19.4 Å². The zero-order chi connectivity index (χ0) is 25.2. The summed E-state index contributed by atoms with van der Waals surface area (Å²) in [6.45, 7) is 7.14. The number of aryl methyl sites for hydroxylation is 1. The molecule has 3 aromatic rings. The van der Waals surface area contributed by atoms with E-state index in [-0.39, 0.29) is 23.3 Å². The molecule has 2 aliphatic heterocycles. The molecular weight excluding hydrogens is 455 g/mol. The van der Waals surface area contributed by atoms with Gasteiger partial charge >= 0.3 is 0 Å². The molecule has 1 aromatic carbocycles. The second-order valence-corrected chi connectivity index (χ2v) is 9.90. The second-order valence-electron chi connectivity index (χ2n) is 9.90. The summed E-state index contributed by atoms with van der Waals surface area (Å²) < 4.78 is 15.8. The Morgan fingerprint density at radius 1 is 1.17 bits per heavy atom. The minimum atomic E-state index is -0.294. The SMILES string of the molecule is CCN1CCCC[C@H]1C(=O)N1CCc2c(cc(-c3ccc(F)c(C)c3)c(=O)n2Cc2cccnc2)C1. The molecule has 0 N–H and O–H groups in total. The number of carbonyl (C=O) groups is 1. The van der Waals surface area contributed by atoms with E-state index in [0.29, 0.717) is 42.7 Å². The number of carbonyl (C=O) groups excluding carboxylic acids is 1. The van der Waals surface area contributed by atoms with E-state index < -0.39 is 0 Å². The van der Waals surface area contributed by atoms with Gasteiger partial charge in [0.2, 0.25) is 5.91 Å². The first-order chi connectivity index (χ1) is 17.5. The van der Waals surface area contributed by atoms with Crippen LogP contribution in [0.3, 0.4) is 0 Å². The fourth-order valence-electron chi connectivity index (χ4n) is 5.63. The van der Waals surface area contributed by atoms with Gasteiger partial charge in [-0.15, -0.1) is 0 Å². The third kappa shape index (κ3) is 4.72. The van der Waals surface area contributed by atoms with E-state index >= 15 is 0 Å². The number of likely N-dealkylation sites (N-methyl/N-ethyl adjacent to an activating group) is 1. The van der Waals surface area contributed by atoms with E-state index in [2.05, 4.69) is 16.8 Å². The molecule has 0 aliphatic carbocycles. The van der Waals surface area contributed by atoms with Crippen molar-refractivity contribution in [1.29, 1.82) is 0 Å². The van der Waals surface area contributed by atoms with Crippen LogP contribution in [0.4, 0.5) is 4.39 Å². The van der Waals surface area contributed by atoms with Gasteiger partial charge in [-0.05, 0) is 79.4 Å². The molecule has 36 heavy (non-hydrogen) atoms. The van der Waals surface area contributed by atoms with Crippen molar-refractivity contribution in [3.8, 4) is 11.1 Å². The Kier molecular flexibility index (Phi) is 7.01. The predicted octanol–water partition coefficient (Wildman–Crippen LogP) is 4.17. The molecule has 1 atom stereocenters. The summed E-state index contributed by atoms with van der Waals surface area (Å²) in [5.41, 5.74) is 4.50. The minimum absolute atomic E-state index is 0.0641. The first-order valence-electron chi connectivity index (χ1n) is 12.9. The van der Waals surface area contributed by atoms with Crippen LogP contribution in [-0.2, 0) is 24.3 Å². The number of halogens is 1. The van der Waals surface area contributed by atoms with E-state index in [4.69, 9.17) is 0 Å². The summed E-state index contributed by atoms with van der Waals surface area (Å²) >= 11 is 0. The van der Waals surface area contributed by atoms with E-state index in [9.17, 15) is 14.0 Å². The molecular formula is C29H33FN4O2. The van der Waals surface area contributed by atoms with Crippen molar-refractivity contribution in [2.45, 2.75) is 58.7 Å². The largest absolute Gasteiger partial charge is 0.337 e. The lowest BCUT2D eigenvalue weighted by Gasteiger charge is -2.39. The minimum Gasteiger partial charge on any atom is -0.337 e. The Labute approximate surface area is 211 Å². The number of likely N-dealkylation sites (tertiary alicyclic amines) is 1. The number of hydrogen-bond donors (Lipinski definition) is 0. The normalized spacial score (nSPS) is 18.2. The molecule has 0 spiro atoms. The first-order valence-corrected chi connectivity index (χ1v) is 12.9. The van der Waals surface area contributed by atoms with E-state index in [1.54, 1.807) is 31.5 Å². The molecule has 1 fully saturated rings. The Morgan fingerprint density at radius 3 is 2.78 bits per heavy atom. The van der Waals surface area contributed by atoms with Gasteiger partial charge in [0, 0.05) is 43.2 Å². The maximum absolute atomic E-state index is 14.0. The number of hydrogen-bond acceptors (Lipinski definition) is 4. The molecule has 7 heteroatoms. The van der Waals surface area contributed by atoms with Crippen LogP contribution in [0.25, 0.3) is 11.1 Å². The quantitative estimate of drug-likeness (QED) is 0.541. The lowest BCUT2D eigenvalue weighted by Crippen LogP contribution is -2.52. The molecule has 1 amide bonds. The van der Waals surface area contributed by atoms with Crippen LogP contribution in [0.2, 0.25) is 0 Å². The predicted molar refractivity (Wildman–Crippen MR) is 138 cm³/mol. The second kappa shape index (κ2) is 10.3. The Hall–Kier alpha value is -3.32. The van der Waals surface area contributed by atoms with Gasteiger partial charge < -0.3 is 9.47 Å². The van der Waals surface area contributed by atoms with Crippen molar-refractivity contribution >= 4 is 5.91 Å². The molecule has 6 nitrogen and oxygen atoms in total. The third-order valence-electron chi connectivity index (χ3n) is 7.62. The molecule has 0 radical (unpaired) electrons. The molecule has 0 bridgehead atoms. The molecule has 188 valence electrons. The van der Waals surface area contributed by atoms with Gasteiger partial charge in [-0.3, -0.25) is 19.5 Å². The maximum Gasteiger partial charge on any atom is 0.258 e. The lowest BCUT2D eigenvalue weighted by molar-refractivity contribution is -0.139. The number of fused-ring (bicyclic) bond motifs is 1. The number of benzene rings is 1. The molecule has 5 rings (SSSR count). The summed E-state index contributed by atoms with van der Waals surface area (Å²) in [5.74, 6) is -0.108. The Bertz CT molecular complexity index is 1320. The van der Waals surface area contributed by atoms with Crippen LogP contribution in [-0.4, -0.2) is 50.9 Å². The van der Waals surface area contributed by atoms with Gasteiger partial charge in [0.15, 0.2) is 0 Å². The molecule has 2 aromatic heterocycles. The molecule has 2 aliphatic rings. The van der Waals surface area contributed by atoms with Crippen LogP contribution in [0.5, 0.6) is 0 Å². The van der Waals surface area contributed by atoms with E-state index in [1.807, 2.05) is 27.7 Å².